The van der Waals surface area contributed by atoms with Gasteiger partial charge in [-0.05, 0) is 46.3 Å². The molecule has 0 spiro atoms. The second-order valence-corrected chi connectivity index (χ2v) is 6.80. The van der Waals surface area contributed by atoms with E-state index in [-0.39, 0.29) is 10.6 Å². The van der Waals surface area contributed by atoms with Crippen LogP contribution in [0.1, 0.15) is 0 Å². The van der Waals surface area contributed by atoms with Crippen LogP contribution >= 0.6 is 27.5 Å². The fourth-order valence-corrected chi connectivity index (χ4v) is 3.21. The van der Waals surface area contributed by atoms with Crippen molar-refractivity contribution in [3.05, 3.63) is 51.7 Å². The van der Waals surface area contributed by atoms with Gasteiger partial charge in [-0.25, -0.2) is 12.8 Å². The first kappa shape index (κ1) is 15.1. The molecule has 4 nitrogen and oxygen atoms in total. The van der Waals surface area contributed by atoms with E-state index in [2.05, 4.69) is 20.7 Å². The summed E-state index contributed by atoms with van der Waals surface area (Å²) in [6.07, 6.45) is 0. The summed E-state index contributed by atoms with van der Waals surface area (Å²) >= 11 is 9.01. The summed E-state index contributed by atoms with van der Waals surface area (Å²) in [6.45, 7) is 0. The number of para-hydroxylation sites is 1. The molecule has 2 aromatic rings. The second-order valence-electron chi connectivity index (χ2n) is 3.89. The Bertz CT molecular complexity index is 768. The zero-order chi connectivity index (χ0) is 14.9. The van der Waals surface area contributed by atoms with E-state index in [0.29, 0.717) is 9.50 Å². The van der Waals surface area contributed by atoms with Gasteiger partial charge >= 0.3 is 0 Å². The molecule has 0 aliphatic heterocycles. The number of hydrogen-bond donors (Lipinski definition) is 2. The highest BCUT2D eigenvalue weighted by Crippen LogP contribution is 2.28. The Kier molecular flexibility index (Phi) is 4.22. The minimum atomic E-state index is -3.98. The first-order chi connectivity index (χ1) is 9.31. The Morgan fingerprint density at radius 1 is 1.25 bits per heavy atom. The molecular formula is C12H9BrClFN2O2S. The van der Waals surface area contributed by atoms with Crippen molar-refractivity contribution in [3.63, 3.8) is 0 Å². The molecule has 0 radical (unpaired) electrons. The quantitative estimate of drug-likeness (QED) is 0.800. The van der Waals surface area contributed by atoms with Crippen molar-refractivity contribution in [2.45, 2.75) is 4.90 Å². The second kappa shape index (κ2) is 5.59. The number of halogens is 3. The maximum atomic E-state index is 13.3. The molecule has 106 valence electrons. The van der Waals surface area contributed by atoms with Gasteiger partial charge in [0.25, 0.3) is 10.0 Å². The van der Waals surface area contributed by atoms with Crippen LogP contribution in [0, 0.1) is 5.82 Å². The summed E-state index contributed by atoms with van der Waals surface area (Å²) in [5.41, 5.74) is 5.31. The van der Waals surface area contributed by atoms with Crippen molar-refractivity contribution in [1.29, 1.82) is 0 Å². The molecule has 2 rings (SSSR count). The maximum absolute atomic E-state index is 13.3. The lowest BCUT2D eigenvalue weighted by molar-refractivity contribution is 0.597. The average molecular weight is 380 g/mol. The molecule has 2 aromatic carbocycles. The summed E-state index contributed by atoms with van der Waals surface area (Å²) < 4.78 is 40.5. The van der Waals surface area contributed by atoms with Crippen LogP contribution in [0.5, 0.6) is 0 Å². The number of nitrogen functional groups attached to an aromatic ring is 1. The average Bonchev–Trinajstić information content (AvgIpc) is 2.36. The number of benzene rings is 2. The van der Waals surface area contributed by atoms with Gasteiger partial charge in [-0.3, -0.25) is 4.72 Å². The van der Waals surface area contributed by atoms with Crippen molar-refractivity contribution in [2.75, 3.05) is 10.5 Å². The van der Waals surface area contributed by atoms with Crippen LogP contribution in [0.2, 0.25) is 5.02 Å². The molecule has 20 heavy (non-hydrogen) atoms. The molecule has 8 heteroatoms. The van der Waals surface area contributed by atoms with E-state index in [1.54, 1.807) is 0 Å². The number of hydrogen-bond acceptors (Lipinski definition) is 3. The molecule has 0 fully saturated rings. The van der Waals surface area contributed by atoms with Gasteiger partial charge in [0.05, 0.1) is 16.4 Å². The molecule has 0 aliphatic rings. The van der Waals surface area contributed by atoms with Gasteiger partial charge in [0.15, 0.2) is 0 Å². The Morgan fingerprint density at radius 3 is 2.60 bits per heavy atom. The van der Waals surface area contributed by atoms with E-state index in [9.17, 15) is 12.8 Å². The first-order valence-electron chi connectivity index (χ1n) is 5.33. The minimum Gasteiger partial charge on any atom is -0.395 e. The fraction of sp³-hybridized carbons (Fsp3) is 0. The van der Waals surface area contributed by atoms with Crippen molar-refractivity contribution in [3.8, 4) is 0 Å². The van der Waals surface area contributed by atoms with Gasteiger partial charge in [-0.15, -0.1) is 0 Å². The predicted molar refractivity (Wildman–Crippen MR) is 80.8 cm³/mol. The van der Waals surface area contributed by atoms with Crippen LogP contribution in [0.15, 0.2) is 45.8 Å². The SMILES string of the molecule is Nc1c(F)cccc1S(=O)(=O)Nc1ccc(Cl)c(Br)c1. The molecule has 0 atom stereocenters. The molecular weight excluding hydrogens is 371 g/mol. The highest BCUT2D eigenvalue weighted by Gasteiger charge is 2.19. The highest BCUT2D eigenvalue weighted by atomic mass is 79.9. The van der Waals surface area contributed by atoms with E-state index in [0.717, 1.165) is 6.07 Å². The fourth-order valence-electron chi connectivity index (χ4n) is 1.52. The predicted octanol–water partition coefficient (Wildman–Crippen LogP) is 3.62. The lowest BCUT2D eigenvalue weighted by Gasteiger charge is -2.11. The summed E-state index contributed by atoms with van der Waals surface area (Å²) in [7, 11) is -3.98. The molecule has 0 amide bonds. The van der Waals surface area contributed by atoms with Gasteiger partial charge in [-0.2, -0.15) is 0 Å². The van der Waals surface area contributed by atoms with E-state index in [4.69, 9.17) is 17.3 Å². The third-order valence-corrected chi connectivity index (χ3v) is 5.13. The summed E-state index contributed by atoms with van der Waals surface area (Å²) in [4.78, 5) is -0.316. The third-order valence-electron chi connectivity index (χ3n) is 2.47. The van der Waals surface area contributed by atoms with Crippen molar-refractivity contribution in [2.24, 2.45) is 0 Å². The van der Waals surface area contributed by atoms with Crippen molar-refractivity contribution in [1.82, 2.24) is 0 Å². The van der Waals surface area contributed by atoms with Crippen LogP contribution in [-0.2, 0) is 10.0 Å². The highest BCUT2D eigenvalue weighted by molar-refractivity contribution is 9.10. The van der Waals surface area contributed by atoms with Gasteiger partial charge in [0, 0.05) is 4.47 Å². The Morgan fingerprint density at radius 2 is 1.95 bits per heavy atom. The monoisotopic (exact) mass is 378 g/mol. The van der Waals surface area contributed by atoms with Crippen LogP contribution < -0.4 is 10.5 Å². The van der Waals surface area contributed by atoms with Crippen LogP contribution in [0.3, 0.4) is 0 Å². The van der Waals surface area contributed by atoms with Crippen molar-refractivity contribution >= 4 is 48.9 Å². The first-order valence-corrected chi connectivity index (χ1v) is 7.98. The zero-order valence-electron chi connectivity index (χ0n) is 9.90. The Hall–Kier alpha value is -1.31. The van der Waals surface area contributed by atoms with Crippen LogP contribution in [0.25, 0.3) is 0 Å². The molecule has 0 aromatic heterocycles. The van der Waals surface area contributed by atoms with Crippen molar-refractivity contribution < 1.29 is 12.8 Å². The largest absolute Gasteiger partial charge is 0.395 e. The number of rotatable bonds is 3. The Balaban J connectivity index is 2.41. The number of nitrogens with one attached hydrogen (secondary N) is 1. The van der Waals surface area contributed by atoms with Crippen LogP contribution in [-0.4, -0.2) is 8.42 Å². The number of anilines is 2. The lowest BCUT2D eigenvalue weighted by atomic mass is 10.3. The normalized spacial score (nSPS) is 11.3. The lowest BCUT2D eigenvalue weighted by Crippen LogP contribution is -2.15. The van der Waals surface area contributed by atoms with Gasteiger partial charge < -0.3 is 5.73 Å². The van der Waals surface area contributed by atoms with E-state index >= 15 is 0 Å². The summed E-state index contributed by atoms with van der Waals surface area (Å²) in [5, 5.41) is 0.443. The molecule has 0 saturated carbocycles. The summed E-state index contributed by atoms with van der Waals surface area (Å²) in [6, 6.07) is 8.10. The molecule has 0 aliphatic carbocycles. The third kappa shape index (κ3) is 3.05. The Labute approximate surface area is 128 Å². The van der Waals surface area contributed by atoms with Gasteiger partial charge in [0.1, 0.15) is 10.7 Å². The maximum Gasteiger partial charge on any atom is 0.264 e. The molecule has 0 saturated heterocycles. The zero-order valence-corrected chi connectivity index (χ0v) is 13.1. The minimum absolute atomic E-state index is 0.282. The topological polar surface area (TPSA) is 72.2 Å². The standard InChI is InChI=1S/C12H9BrClFN2O2S/c13-8-6-7(4-5-9(8)14)17-20(18,19)11-3-1-2-10(15)12(11)16/h1-6,17H,16H2. The summed E-state index contributed by atoms with van der Waals surface area (Å²) in [5.74, 6) is -0.787. The van der Waals surface area contributed by atoms with E-state index in [1.165, 1.54) is 30.3 Å². The molecule has 0 unspecified atom stereocenters. The van der Waals surface area contributed by atoms with Gasteiger partial charge in [-0.1, -0.05) is 17.7 Å². The van der Waals surface area contributed by atoms with E-state index in [1.807, 2.05) is 0 Å². The van der Waals surface area contributed by atoms with Crippen LogP contribution in [0.4, 0.5) is 15.8 Å². The van der Waals surface area contributed by atoms with E-state index < -0.39 is 21.5 Å². The molecule has 3 N–H and O–H groups in total. The number of nitrogens with two attached hydrogens (primary N) is 1. The smallest absolute Gasteiger partial charge is 0.264 e. The molecule has 0 heterocycles. The number of sulfonamides is 1. The molecule has 0 bridgehead atoms. The van der Waals surface area contributed by atoms with Gasteiger partial charge in [0.2, 0.25) is 0 Å².